The Balaban J connectivity index is 1.81. The minimum Gasteiger partial charge on any atom is -0.330 e. The number of imidazole rings is 1. The van der Waals surface area contributed by atoms with Crippen LogP contribution in [0.5, 0.6) is 0 Å². The molecule has 0 aliphatic carbocycles. The predicted octanol–water partition coefficient (Wildman–Crippen LogP) is 2.01. The molecule has 0 bridgehead atoms. The van der Waals surface area contributed by atoms with Crippen molar-refractivity contribution < 1.29 is 0 Å². The summed E-state index contributed by atoms with van der Waals surface area (Å²) in [6.45, 7) is 0.937. The quantitative estimate of drug-likeness (QED) is 0.685. The summed E-state index contributed by atoms with van der Waals surface area (Å²) in [5.74, 6) is 0. The van der Waals surface area contributed by atoms with Crippen molar-refractivity contribution in [1.29, 1.82) is 0 Å². The highest BCUT2D eigenvalue weighted by atomic mass is 15.2. The van der Waals surface area contributed by atoms with Crippen LogP contribution in [0, 0.1) is 0 Å². The summed E-state index contributed by atoms with van der Waals surface area (Å²) >= 11 is 0. The molecule has 4 heteroatoms. The molecule has 1 aromatic carbocycles. The largest absolute Gasteiger partial charge is 0.330 e. The number of nitrogens with zero attached hydrogens (tertiary/aromatic N) is 4. The van der Waals surface area contributed by atoms with Gasteiger partial charge in [0.25, 0.3) is 0 Å². The van der Waals surface area contributed by atoms with Gasteiger partial charge >= 0.3 is 0 Å². The number of benzene rings is 1. The van der Waals surface area contributed by atoms with Crippen LogP contribution < -0.4 is 0 Å². The highest BCUT2D eigenvalue weighted by molar-refractivity contribution is 5.74. The molecule has 0 N–H and O–H groups in total. The van der Waals surface area contributed by atoms with Crippen molar-refractivity contribution in [2.75, 3.05) is 0 Å². The van der Waals surface area contributed by atoms with Crippen molar-refractivity contribution in [1.82, 2.24) is 19.3 Å². The van der Waals surface area contributed by atoms with Crippen molar-refractivity contribution in [3.63, 3.8) is 0 Å². The standard InChI is InChI=1S/C13H14N4/c1-16-9-11(8-15-16)6-7-17-10-14-12-4-2-3-5-13(12)17/h2-5,8-10H,6-7H2,1H3. The van der Waals surface area contributed by atoms with E-state index in [1.807, 2.05) is 42.5 Å². The third kappa shape index (κ3) is 1.93. The molecule has 0 aliphatic heterocycles. The summed E-state index contributed by atoms with van der Waals surface area (Å²) in [6.07, 6.45) is 6.85. The predicted molar refractivity (Wildman–Crippen MR) is 66.6 cm³/mol. The van der Waals surface area contributed by atoms with E-state index in [1.54, 1.807) is 0 Å². The summed E-state index contributed by atoms with van der Waals surface area (Å²) in [5.41, 5.74) is 3.50. The molecule has 2 aromatic heterocycles. The second kappa shape index (κ2) is 4.05. The van der Waals surface area contributed by atoms with E-state index in [1.165, 1.54) is 11.1 Å². The van der Waals surface area contributed by atoms with E-state index in [0.717, 1.165) is 18.5 Å². The minimum atomic E-state index is 0.937. The smallest absolute Gasteiger partial charge is 0.0958 e. The molecule has 0 unspecified atom stereocenters. The van der Waals surface area contributed by atoms with Gasteiger partial charge in [0.15, 0.2) is 0 Å². The van der Waals surface area contributed by atoms with Gasteiger partial charge in [-0.05, 0) is 24.1 Å². The topological polar surface area (TPSA) is 35.6 Å². The normalized spacial score (nSPS) is 11.1. The average molecular weight is 226 g/mol. The van der Waals surface area contributed by atoms with Crippen molar-refractivity contribution in [3.8, 4) is 0 Å². The third-order valence-electron chi connectivity index (χ3n) is 2.93. The van der Waals surface area contributed by atoms with Crippen LogP contribution in [0.1, 0.15) is 5.56 Å². The molecule has 3 rings (SSSR count). The zero-order chi connectivity index (χ0) is 11.7. The van der Waals surface area contributed by atoms with Gasteiger partial charge in [-0.25, -0.2) is 4.98 Å². The maximum absolute atomic E-state index is 4.38. The van der Waals surface area contributed by atoms with Gasteiger partial charge in [0.1, 0.15) is 0 Å². The monoisotopic (exact) mass is 226 g/mol. The van der Waals surface area contributed by atoms with Gasteiger partial charge in [-0.3, -0.25) is 4.68 Å². The number of aromatic nitrogens is 4. The number of fused-ring (bicyclic) bond motifs is 1. The van der Waals surface area contributed by atoms with Crippen molar-refractivity contribution in [2.45, 2.75) is 13.0 Å². The molecule has 0 saturated carbocycles. The third-order valence-corrected chi connectivity index (χ3v) is 2.93. The summed E-state index contributed by atoms with van der Waals surface area (Å²) in [4.78, 5) is 4.38. The zero-order valence-corrected chi connectivity index (χ0v) is 9.74. The van der Waals surface area contributed by atoms with Crippen molar-refractivity contribution in [2.24, 2.45) is 7.05 Å². The van der Waals surface area contributed by atoms with Crippen LogP contribution in [0.3, 0.4) is 0 Å². The molecule has 86 valence electrons. The SMILES string of the molecule is Cn1cc(CCn2cnc3ccccc32)cn1. The van der Waals surface area contributed by atoms with Crippen LogP contribution in [-0.2, 0) is 20.0 Å². The van der Waals surface area contributed by atoms with Gasteiger partial charge in [0.2, 0.25) is 0 Å². The first-order valence-corrected chi connectivity index (χ1v) is 5.70. The molecule has 0 spiro atoms. The summed E-state index contributed by atoms with van der Waals surface area (Å²) < 4.78 is 4.02. The molecule has 17 heavy (non-hydrogen) atoms. The lowest BCUT2D eigenvalue weighted by molar-refractivity contribution is 0.714. The number of hydrogen-bond acceptors (Lipinski definition) is 2. The van der Waals surface area contributed by atoms with Crippen LogP contribution in [0.25, 0.3) is 11.0 Å². The fraction of sp³-hybridized carbons (Fsp3) is 0.231. The molecule has 3 aromatic rings. The molecule has 0 atom stereocenters. The first-order chi connectivity index (χ1) is 8.33. The van der Waals surface area contributed by atoms with E-state index in [9.17, 15) is 0 Å². The van der Waals surface area contributed by atoms with E-state index >= 15 is 0 Å². The summed E-state index contributed by atoms with van der Waals surface area (Å²) in [6, 6.07) is 8.20. The zero-order valence-electron chi connectivity index (χ0n) is 9.74. The number of aryl methyl sites for hydroxylation is 3. The van der Waals surface area contributed by atoms with Gasteiger partial charge < -0.3 is 4.57 Å². The minimum absolute atomic E-state index is 0.937. The Morgan fingerprint density at radius 3 is 2.94 bits per heavy atom. The van der Waals surface area contributed by atoms with Gasteiger partial charge in [-0.2, -0.15) is 5.10 Å². The van der Waals surface area contributed by atoms with Crippen LogP contribution in [0.4, 0.5) is 0 Å². The Labute approximate surface area is 99.5 Å². The summed E-state index contributed by atoms with van der Waals surface area (Å²) in [7, 11) is 1.94. The van der Waals surface area contributed by atoms with Gasteiger partial charge in [0, 0.05) is 19.8 Å². The number of rotatable bonds is 3. The number of hydrogen-bond donors (Lipinski definition) is 0. The Hall–Kier alpha value is -2.10. The van der Waals surface area contributed by atoms with Gasteiger partial charge in [0.05, 0.1) is 23.6 Å². The highest BCUT2D eigenvalue weighted by Gasteiger charge is 2.02. The van der Waals surface area contributed by atoms with Crippen LogP contribution in [0.2, 0.25) is 0 Å². The van der Waals surface area contributed by atoms with Crippen LogP contribution in [0.15, 0.2) is 43.0 Å². The molecule has 4 nitrogen and oxygen atoms in total. The van der Waals surface area contributed by atoms with Crippen LogP contribution >= 0.6 is 0 Å². The lowest BCUT2D eigenvalue weighted by Gasteiger charge is -2.02. The van der Waals surface area contributed by atoms with E-state index < -0.39 is 0 Å². The Bertz CT molecular complexity index is 635. The molecule has 0 radical (unpaired) electrons. The van der Waals surface area contributed by atoms with Gasteiger partial charge in [-0.15, -0.1) is 0 Å². The molecule has 0 aliphatic rings. The maximum Gasteiger partial charge on any atom is 0.0958 e. The average Bonchev–Trinajstić information content (AvgIpc) is 2.93. The van der Waals surface area contributed by atoms with Crippen LogP contribution in [-0.4, -0.2) is 19.3 Å². The first kappa shape index (κ1) is 10.1. The highest BCUT2D eigenvalue weighted by Crippen LogP contribution is 2.12. The number of para-hydroxylation sites is 2. The lowest BCUT2D eigenvalue weighted by Crippen LogP contribution is -1.99. The molecule has 0 saturated heterocycles. The second-order valence-corrected chi connectivity index (χ2v) is 4.20. The Morgan fingerprint density at radius 2 is 2.12 bits per heavy atom. The fourth-order valence-corrected chi connectivity index (χ4v) is 2.04. The maximum atomic E-state index is 4.38. The van der Waals surface area contributed by atoms with Crippen molar-refractivity contribution >= 4 is 11.0 Å². The van der Waals surface area contributed by atoms with E-state index in [-0.39, 0.29) is 0 Å². The molecule has 2 heterocycles. The molecular formula is C13H14N4. The Kier molecular flexibility index (Phi) is 2.40. The van der Waals surface area contributed by atoms with E-state index in [4.69, 9.17) is 0 Å². The Morgan fingerprint density at radius 1 is 1.24 bits per heavy atom. The molecular weight excluding hydrogens is 212 g/mol. The van der Waals surface area contributed by atoms with Gasteiger partial charge in [-0.1, -0.05) is 12.1 Å². The first-order valence-electron chi connectivity index (χ1n) is 5.70. The second-order valence-electron chi connectivity index (χ2n) is 4.20. The molecule has 0 amide bonds. The molecule has 0 fully saturated rings. The van der Waals surface area contributed by atoms with Crippen molar-refractivity contribution in [3.05, 3.63) is 48.5 Å². The van der Waals surface area contributed by atoms with E-state index in [0.29, 0.717) is 0 Å². The van der Waals surface area contributed by atoms with E-state index in [2.05, 4.69) is 26.9 Å². The fourth-order valence-electron chi connectivity index (χ4n) is 2.04. The lowest BCUT2D eigenvalue weighted by atomic mass is 10.2. The summed E-state index contributed by atoms with van der Waals surface area (Å²) in [5, 5.41) is 4.17.